The van der Waals surface area contributed by atoms with E-state index in [9.17, 15) is 0 Å². The Morgan fingerprint density at radius 2 is 1.63 bits per heavy atom. The molecule has 0 unspecified atom stereocenters. The van der Waals surface area contributed by atoms with Crippen LogP contribution in [0.2, 0.25) is 11.6 Å². The lowest BCUT2D eigenvalue weighted by Gasteiger charge is -2.39. The summed E-state index contributed by atoms with van der Waals surface area (Å²) in [6.07, 6.45) is 9.67. The summed E-state index contributed by atoms with van der Waals surface area (Å²) in [6, 6.07) is 10.7. The van der Waals surface area contributed by atoms with Crippen LogP contribution >= 0.6 is 23.8 Å². The van der Waals surface area contributed by atoms with Crippen LogP contribution in [-0.2, 0) is 6.42 Å². The number of fused-ring (bicyclic) bond motifs is 2. The third kappa shape index (κ3) is 3.43. The van der Waals surface area contributed by atoms with Crippen LogP contribution in [0.15, 0.2) is 30.3 Å². The first-order valence-electron chi connectivity index (χ1n) is 7.56. The Kier molecular flexibility index (Phi) is 4.65. The SMILES string of the molecule is S=C(Cc1ccccc1)SB1C2CCCC1CCC2. The molecular formula is C16H21BS2. The van der Waals surface area contributed by atoms with Crippen LogP contribution in [0.25, 0.3) is 0 Å². The van der Waals surface area contributed by atoms with E-state index in [1.165, 1.54) is 48.3 Å². The van der Waals surface area contributed by atoms with Crippen molar-refractivity contribution < 1.29 is 0 Å². The summed E-state index contributed by atoms with van der Waals surface area (Å²) in [5, 5.41) is 0. The van der Waals surface area contributed by atoms with Crippen LogP contribution in [0.4, 0.5) is 0 Å². The monoisotopic (exact) mass is 288 g/mol. The highest BCUT2D eigenvalue weighted by molar-refractivity contribution is 8.41. The minimum Gasteiger partial charge on any atom is -0.168 e. The van der Waals surface area contributed by atoms with Crippen LogP contribution in [-0.4, -0.2) is 10.2 Å². The summed E-state index contributed by atoms with van der Waals surface area (Å²) in [4.78, 5) is 0. The van der Waals surface area contributed by atoms with Crippen molar-refractivity contribution in [1.82, 2.24) is 0 Å². The van der Waals surface area contributed by atoms with E-state index in [0.29, 0.717) is 0 Å². The lowest BCUT2D eigenvalue weighted by Crippen LogP contribution is -2.33. The van der Waals surface area contributed by atoms with Gasteiger partial charge < -0.3 is 0 Å². The molecule has 0 saturated carbocycles. The zero-order valence-corrected chi connectivity index (χ0v) is 13.0. The van der Waals surface area contributed by atoms with Gasteiger partial charge in [-0.15, -0.1) is 0 Å². The Hall–Kier alpha value is -0.275. The van der Waals surface area contributed by atoms with Gasteiger partial charge in [-0.3, -0.25) is 0 Å². The first-order valence-corrected chi connectivity index (χ1v) is 8.85. The van der Waals surface area contributed by atoms with Crippen molar-refractivity contribution in [2.75, 3.05) is 0 Å². The Bertz CT molecular complexity index is 410. The molecule has 0 N–H and O–H groups in total. The first-order chi connectivity index (χ1) is 9.33. The summed E-state index contributed by atoms with van der Waals surface area (Å²) in [7, 11) is 0. The molecule has 3 rings (SSSR count). The van der Waals surface area contributed by atoms with Crippen LogP contribution in [0, 0.1) is 0 Å². The molecule has 2 fully saturated rings. The highest BCUT2D eigenvalue weighted by Crippen LogP contribution is 2.50. The number of hydrogen-bond donors (Lipinski definition) is 0. The van der Waals surface area contributed by atoms with Gasteiger partial charge in [0, 0.05) is 10.6 Å². The fraction of sp³-hybridized carbons (Fsp3) is 0.562. The van der Waals surface area contributed by atoms with Gasteiger partial charge in [-0.2, -0.15) is 11.6 Å². The minimum atomic E-state index is 0.832. The number of rotatable bonds is 3. The fourth-order valence-corrected chi connectivity index (χ4v) is 5.75. The van der Waals surface area contributed by atoms with E-state index in [1.807, 2.05) is 11.6 Å². The predicted molar refractivity (Wildman–Crippen MR) is 91.3 cm³/mol. The second-order valence-corrected chi connectivity index (χ2v) is 8.02. The van der Waals surface area contributed by atoms with E-state index in [4.69, 9.17) is 12.2 Å². The molecule has 3 heteroatoms. The molecule has 19 heavy (non-hydrogen) atoms. The third-order valence-corrected chi connectivity index (χ3v) is 6.57. The molecule has 100 valence electrons. The second-order valence-electron chi connectivity index (χ2n) is 6.00. The summed E-state index contributed by atoms with van der Waals surface area (Å²) >= 11 is 7.70. The van der Waals surface area contributed by atoms with E-state index < -0.39 is 0 Å². The molecule has 1 aromatic carbocycles. The van der Waals surface area contributed by atoms with Crippen LogP contribution in [0.5, 0.6) is 0 Å². The average molecular weight is 288 g/mol. The molecule has 1 aromatic rings. The summed E-state index contributed by atoms with van der Waals surface area (Å²) < 4.78 is 1.20. The highest BCUT2D eigenvalue weighted by atomic mass is 32.2. The number of hydrogen-bond acceptors (Lipinski definition) is 2. The zero-order chi connectivity index (χ0) is 13.1. The molecule has 2 aliphatic heterocycles. The van der Waals surface area contributed by atoms with Crippen LogP contribution in [0.3, 0.4) is 0 Å². The standard InChI is InChI=1S/C16H21BS2/c18-16(12-13-6-2-1-3-7-13)19-17-14-8-4-9-15(17)11-5-10-14/h1-3,6-7,14-15H,4-5,8-12H2. The molecule has 0 amide bonds. The molecular weight excluding hydrogens is 267 g/mol. The second kappa shape index (κ2) is 6.45. The molecule has 0 spiro atoms. The third-order valence-electron chi connectivity index (χ3n) is 4.69. The normalized spacial score (nSPS) is 26.2. The molecule has 2 aliphatic rings. The maximum absolute atomic E-state index is 5.66. The van der Waals surface area contributed by atoms with Crippen molar-refractivity contribution in [2.24, 2.45) is 0 Å². The van der Waals surface area contributed by atoms with Gasteiger partial charge in [0.2, 0.25) is 5.99 Å². The fourth-order valence-electron chi connectivity index (χ4n) is 3.76. The Balaban J connectivity index is 1.60. The van der Waals surface area contributed by atoms with Gasteiger partial charge in [0.05, 0.1) is 0 Å². The zero-order valence-electron chi connectivity index (χ0n) is 11.4. The molecule has 2 bridgehead atoms. The molecule has 0 aliphatic carbocycles. The molecule has 2 saturated heterocycles. The van der Waals surface area contributed by atoms with E-state index in [1.54, 1.807) is 0 Å². The van der Waals surface area contributed by atoms with Gasteiger partial charge in [-0.25, -0.2) is 0 Å². The minimum absolute atomic E-state index is 0.832. The number of thiocarbonyl (C=S) groups is 1. The Morgan fingerprint density at radius 1 is 1.05 bits per heavy atom. The van der Waals surface area contributed by atoms with Crippen molar-refractivity contribution in [1.29, 1.82) is 0 Å². The quantitative estimate of drug-likeness (QED) is 0.540. The maximum atomic E-state index is 5.66. The van der Waals surface area contributed by atoms with E-state index in [0.717, 1.165) is 24.0 Å². The molecule has 0 atom stereocenters. The van der Waals surface area contributed by atoms with E-state index in [-0.39, 0.29) is 0 Å². The summed E-state index contributed by atoms with van der Waals surface area (Å²) in [5.41, 5.74) is 1.36. The van der Waals surface area contributed by atoms with Crippen molar-refractivity contribution in [3.05, 3.63) is 35.9 Å². The molecule has 0 nitrogen and oxygen atoms in total. The van der Waals surface area contributed by atoms with Crippen molar-refractivity contribution in [3.63, 3.8) is 0 Å². The first kappa shape index (κ1) is 13.7. The van der Waals surface area contributed by atoms with Gasteiger partial charge in [0.15, 0.2) is 0 Å². The van der Waals surface area contributed by atoms with Gasteiger partial charge in [-0.05, 0) is 5.56 Å². The van der Waals surface area contributed by atoms with Crippen LogP contribution in [0.1, 0.15) is 44.1 Å². The van der Waals surface area contributed by atoms with E-state index >= 15 is 0 Å². The Morgan fingerprint density at radius 3 is 2.21 bits per heavy atom. The highest BCUT2D eigenvalue weighted by Gasteiger charge is 2.40. The summed E-state index contributed by atoms with van der Waals surface area (Å²) in [6.45, 7) is 0. The molecule has 0 aromatic heterocycles. The van der Waals surface area contributed by atoms with E-state index in [2.05, 4.69) is 30.3 Å². The molecule has 0 radical (unpaired) electrons. The largest absolute Gasteiger partial charge is 0.222 e. The van der Waals surface area contributed by atoms with Crippen molar-refractivity contribution >= 4 is 34.0 Å². The maximum Gasteiger partial charge on any atom is 0.222 e. The Labute approximate surface area is 126 Å². The number of benzene rings is 1. The van der Waals surface area contributed by atoms with Gasteiger partial charge in [0.1, 0.15) is 0 Å². The van der Waals surface area contributed by atoms with Gasteiger partial charge in [0.25, 0.3) is 0 Å². The lowest BCUT2D eigenvalue weighted by molar-refractivity contribution is 0.452. The van der Waals surface area contributed by atoms with Crippen molar-refractivity contribution in [2.45, 2.75) is 56.6 Å². The van der Waals surface area contributed by atoms with Gasteiger partial charge in [-0.1, -0.05) is 92.7 Å². The molecule has 2 heterocycles. The van der Waals surface area contributed by atoms with Crippen molar-refractivity contribution in [3.8, 4) is 0 Å². The lowest BCUT2D eigenvalue weighted by atomic mass is 9.42. The average Bonchev–Trinajstić information content (AvgIpc) is 2.39. The predicted octanol–water partition coefficient (Wildman–Crippen LogP) is 5.39. The smallest absolute Gasteiger partial charge is 0.168 e. The van der Waals surface area contributed by atoms with Crippen LogP contribution < -0.4 is 0 Å². The summed E-state index contributed by atoms with van der Waals surface area (Å²) in [5.74, 6) is 2.73. The topological polar surface area (TPSA) is 0 Å². The van der Waals surface area contributed by atoms with Gasteiger partial charge >= 0.3 is 0 Å².